The normalized spacial score (nSPS) is 22.9. The summed E-state index contributed by atoms with van der Waals surface area (Å²) in [6.07, 6.45) is 3.23. The predicted octanol–water partition coefficient (Wildman–Crippen LogP) is 0.634. The van der Waals surface area contributed by atoms with E-state index in [1.807, 2.05) is 19.0 Å². The Kier molecular flexibility index (Phi) is 6.73. The Morgan fingerprint density at radius 3 is 2.47 bits per heavy atom. The van der Waals surface area contributed by atoms with Crippen LogP contribution < -0.4 is 10.0 Å². The molecule has 1 aliphatic rings. The van der Waals surface area contributed by atoms with Crippen molar-refractivity contribution in [3.8, 4) is 0 Å². The van der Waals surface area contributed by atoms with Crippen LogP contribution in [0.25, 0.3) is 0 Å². The Hall–Kier alpha value is -0.170. The van der Waals surface area contributed by atoms with Gasteiger partial charge in [-0.2, -0.15) is 0 Å². The molecule has 0 saturated carbocycles. The largest absolute Gasteiger partial charge is 0.313 e. The monoisotopic (exact) mass is 291 g/mol. The van der Waals surface area contributed by atoms with Gasteiger partial charge in [-0.3, -0.25) is 0 Å². The molecule has 0 radical (unpaired) electrons. The topological polar surface area (TPSA) is 61.4 Å². The molecule has 1 aliphatic heterocycles. The second-order valence-electron chi connectivity index (χ2n) is 6.16. The van der Waals surface area contributed by atoms with Gasteiger partial charge in [0.2, 0.25) is 10.0 Å². The van der Waals surface area contributed by atoms with Gasteiger partial charge in [0.1, 0.15) is 0 Å². The molecule has 2 N–H and O–H groups in total. The molecule has 1 fully saturated rings. The fourth-order valence-corrected chi connectivity index (χ4v) is 4.11. The Morgan fingerprint density at radius 1 is 1.32 bits per heavy atom. The van der Waals surface area contributed by atoms with Crippen LogP contribution in [0.5, 0.6) is 0 Å². The summed E-state index contributed by atoms with van der Waals surface area (Å²) in [5.41, 5.74) is 0. The van der Waals surface area contributed by atoms with E-state index in [-0.39, 0.29) is 23.8 Å². The highest BCUT2D eigenvalue weighted by Gasteiger charge is 2.25. The molecule has 0 aromatic rings. The van der Waals surface area contributed by atoms with Crippen LogP contribution in [0.2, 0.25) is 0 Å². The standard InChI is InChI=1S/C13H29N3O2S/c1-11(2)13(9-16(3)4)15-19(17,18)10-12-7-5-6-8-14-12/h11-15H,5-10H2,1-4H3. The van der Waals surface area contributed by atoms with Crippen LogP contribution in [0, 0.1) is 5.92 Å². The maximum absolute atomic E-state index is 12.2. The molecular weight excluding hydrogens is 262 g/mol. The van der Waals surface area contributed by atoms with E-state index in [4.69, 9.17) is 0 Å². The average Bonchev–Trinajstić information content (AvgIpc) is 2.27. The molecule has 2 unspecified atom stereocenters. The van der Waals surface area contributed by atoms with Gasteiger partial charge in [0, 0.05) is 18.6 Å². The fourth-order valence-electron chi connectivity index (χ4n) is 2.39. The average molecular weight is 291 g/mol. The summed E-state index contributed by atoms with van der Waals surface area (Å²) in [6, 6.07) is 0.0852. The van der Waals surface area contributed by atoms with Crippen molar-refractivity contribution in [1.82, 2.24) is 14.9 Å². The summed E-state index contributed by atoms with van der Waals surface area (Å²) in [6.45, 7) is 5.77. The second-order valence-corrected chi connectivity index (χ2v) is 7.96. The molecule has 0 amide bonds. The number of likely N-dealkylation sites (N-methyl/N-ethyl adjacent to an activating group) is 1. The maximum atomic E-state index is 12.2. The Labute approximate surface area is 118 Å². The highest BCUT2D eigenvalue weighted by molar-refractivity contribution is 7.89. The molecule has 0 aromatic heterocycles. The molecule has 114 valence electrons. The third kappa shape index (κ3) is 6.70. The van der Waals surface area contributed by atoms with Gasteiger partial charge in [-0.1, -0.05) is 20.3 Å². The Bertz CT molecular complexity index is 349. The van der Waals surface area contributed by atoms with E-state index < -0.39 is 10.0 Å². The van der Waals surface area contributed by atoms with Crippen LogP contribution in [0.3, 0.4) is 0 Å². The first-order valence-corrected chi connectivity index (χ1v) is 8.83. The number of nitrogens with zero attached hydrogens (tertiary/aromatic N) is 1. The highest BCUT2D eigenvalue weighted by Crippen LogP contribution is 2.10. The molecule has 0 spiro atoms. The molecule has 1 saturated heterocycles. The Morgan fingerprint density at radius 2 is 2.00 bits per heavy atom. The predicted molar refractivity (Wildman–Crippen MR) is 79.7 cm³/mol. The molecule has 5 nitrogen and oxygen atoms in total. The third-order valence-corrected chi connectivity index (χ3v) is 5.03. The van der Waals surface area contributed by atoms with Gasteiger partial charge in [0.25, 0.3) is 0 Å². The molecule has 1 rings (SSSR count). The van der Waals surface area contributed by atoms with Crippen molar-refractivity contribution in [2.75, 3.05) is 32.9 Å². The molecule has 0 aromatic carbocycles. The summed E-state index contributed by atoms with van der Waals surface area (Å²) < 4.78 is 27.3. The molecule has 2 atom stereocenters. The minimum absolute atomic E-state index is 0.0245. The summed E-state index contributed by atoms with van der Waals surface area (Å²) in [5, 5.41) is 3.29. The molecule has 19 heavy (non-hydrogen) atoms. The van der Waals surface area contributed by atoms with Crippen molar-refractivity contribution in [2.45, 2.75) is 45.2 Å². The highest BCUT2D eigenvalue weighted by atomic mass is 32.2. The van der Waals surface area contributed by atoms with Gasteiger partial charge in [0.15, 0.2) is 0 Å². The number of rotatable bonds is 7. The first-order valence-electron chi connectivity index (χ1n) is 7.18. The summed E-state index contributed by atoms with van der Waals surface area (Å²) in [4.78, 5) is 2.02. The smallest absolute Gasteiger partial charge is 0.213 e. The van der Waals surface area contributed by atoms with Gasteiger partial charge in [-0.25, -0.2) is 13.1 Å². The SMILES string of the molecule is CC(C)C(CN(C)C)NS(=O)(=O)CC1CCCCN1. The molecule has 0 aliphatic carbocycles. The lowest BCUT2D eigenvalue weighted by atomic mass is 10.1. The van der Waals surface area contributed by atoms with Crippen molar-refractivity contribution in [1.29, 1.82) is 0 Å². The minimum atomic E-state index is -3.21. The van der Waals surface area contributed by atoms with E-state index in [0.717, 1.165) is 32.4 Å². The molecule has 0 bridgehead atoms. The van der Waals surface area contributed by atoms with Gasteiger partial charge in [0.05, 0.1) is 5.75 Å². The number of hydrogen-bond acceptors (Lipinski definition) is 4. The molecule has 6 heteroatoms. The van der Waals surface area contributed by atoms with Crippen molar-refractivity contribution in [3.05, 3.63) is 0 Å². The van der Waals surface area contributed by atoms with E-state index in [1.165, 1.54) is 0 Å². The first kappa shape index (κ1) is 16.9. The minimum Gasteiger partial charge on any atom is -0.313 e. The van der Waals surface area contributed by atoms with Crippen LogP contribution in [-0.4, -0.2) is 58.3 Å². The first-order chi connectivity index (χ1) is 8.80. The third-order valence-electron chi connectivity index (χ3n) is 3.53. The number of hydrogen-bond donors (Lipinski definition) is 2. The number of nitrogens with one attached hydrogen (secondary N) is 2. The van der Waals surface area contributed by atoms with Crippen LogP contribution >= 0.6 is 0 Å². The lowest BCUT2D eigenvalue weighted by Gasteiger charge is -2.28. The summed E-state index contributed by atoms with van der Waals surface area (Å²) in [5.74, 6) is 0.486. The zero-order valence-electron chi connectivity index (χ0n) is 12.6. The van der Waals surface area contributed by atoms with E-state index in [1.54, 1.807) is 0 Å². The lowest BCUT2D eigenvalue weighted by molar-refractivity contribution is 0.313. The van der Waals surface area contributed by atoms with Crippen LogP contribution in [0.4, 0.5) is 0 Å². The number of sulfonamides is 1. The van der Waals surface area contributed by atoms with Crippen molar-refractivity contribution >= 4 is 10.0 Å². The van der Waals surface area contributed by atoms with E-state index in [2.05, 4.69) is 23.9 Å². The van der Waals surface area contributed by atoms with Crippen molar-refractivity contribution < 1.29 is 8.42 Å². The van der Waals surface area contributed by atoms with E-state index >= 15 is 0 Å². The van der Waals surface area contributed by atoms with E-state index in [9.17, 15) is 8.42 Å². The maximum Gasteiger partial charge on any atom is 0.213 e. The van der Waals surface area contributed by atoms with Crippen molar-refractivity contribution in [2.24, 2.45) is 5.92 Å². The zero-order chi connectivity index (χ0) is 14.5. The Balaban J connectivity index is 2.55. The summed E-state index contributed by atoms with van der Waals surface area (Å²) in [7, 11) is 0.719. The van der Waals surface area contributed by atoms with Crippen LogP contribution in [0.15, 0.2) is 0 Å². The lowest BCUT2D eigenvalue weighted by Crippen LogP contribution is -2.49. The number of piperidine rings is 1. The van der Waals surface area contributed by atoms with Crippen LogP contribution in [0.1, 0.15) is 33.1 Å². The van der Waals surface area contributed by atoms with Gasteiger partial charge >= 0.3 is 0 Å². The molecule has 1 heterocycles. The van der Waals surface area contributed by atoms with Crippen LogP contribution in [-0.2, 0) is 10.0 Å². The van der Waals surface area contributed by atoms with Gasteiger partial charge in [-0.05, 0) is 39.4 Å². The van der Waals surface area contributed by atoms with Gasteiger partial charge < -0.3 is 10.2 Å². The molecular formula is C13H29N3O2S. The van der Waals surface area contributed by atoms with Crippen molar-refractivity contribution in [3.63, 3.8) is 0 Å². The fraction of sp³-hybridized carbons (Fsp3) is 1.00. The van der Waals surface area contributed by atoms with Gasteiger partial charge in [-0.15, -0.1) is 0 Å². The second kappa shape index (κ2) is 7.57. The quantitative estimate of drug-likeness (QED) is 0.722. The zero-order valence-corrected chi connectivity index (χ0v) is 13.5. The summed E-state index contributed by atoms with van der Waals surface area (Å²) >= 11 is 0. The van der Waals surface area contributed by atoms with E-state index in [0.29, 0.717) is 0 Å².